The SMILES string of the molecule is C#Cc1ccc(C)c(C2=C(C)CC(C)C2)c1. The van der Waals surface area contributed by atoms with E-state index >= 15 is 0 Å². The van der Waals surface area contributed by atoms with Crippen LogP contribution >= 0.6 is 0 Å². The van der Waals surface area contributed by atoms with E-state index in [0.717, 1.165) is 11.5 Å². The molecule has 82 valence electrons. The summed E-state index contributed by atoms with van der Waals surface area (Å²) in [6.07, 6.45) is 7.89. The maximum absolute atomic E-state index is 5.46. The number of allylic oxidation sites excluding steroid dienone is 2. The lowest BCUT2D eigenvalue weighted by Crippen LogP contribution is -1.91. The Kier molecular flexibility index (Phi) is 2.88. The molecule has 0 radical (unpaired) electrons. The lowest BCUT2D eigenvalue weighted by molar-refractivity contribution is 0.631. The van der Waals surface area contributed by atoms with Crippen LogP contribution in [0.1, 0.15) is 43.4 Å². The zero-order valence-corrected chi connectivity index (χ0v) is 10.3. The molecule has 0 aliphatic heterocycles. The average molecular weight is 210 g/mol. The molecule has 0 bridgehead atoms. The van der Waals surface area contributed by atoms with Crippen LogP contribution in [0.4, 0.5) is 0 Å². The Morgan fingerprint density at radius 3 is 2.56 bits per heavy atom. The first-order chi connectivity index (χ1) is 7.61. The lowest BCUT2D eigenvalue weighted by Gasteiger charge is -2.09. The second-order valence-corrected chi connectivity index (χ2v) is 4.95. The fraction of sp³-hybridized carbons (Fsp3) is 0.375. The zero-order chi connectivity index (χ0) is 11.7. The number of benzene rings is 1. The fourth-order valence-corrected chi connectivity index (χ4v) is 2.62. The van der Waals surface area contributed by atoms with E-state index in [4.69, 9.17) is 6.42 Å². The molecule has 0 heteroatoms. The molecule has 1 aromatic rings. The normalized spacial score (nSPS) is 20.0. The van der Waals surface area contributed by atoms with Crippen molar-refractivity contribution in [2.24, 2.45) is 5.92 Å². The Morgan fingerprint density at radius 1 is 1.25 bits per heavy atom. The Hall–Kier alpha value is -1.48. The number of aryl methyl sites for hydroxylation is 1. The van der Waals surface area contributed by atoms with E-state index in [2.05, 4.69) is 38.8 Å². The molecule has 1 aliphatic carbocycles. The zero-order valence-electron chi connectivity index (χ0n) is 10.3. The van der Waals surface area contributed by atoms with Crippen molar-refractivity contribution in [3.63, 3.8) is 0 Å². The van der Waals surface area contributed by atoms with Crippen molar-refractivity contribution < 1.29 is 0 Å². The summed E-state index contributed by atoms with van der Waals surface area (Å²) in [5, 5.41) is 0. The van der Waals surface area contributed by atoms with Crippen LogP contribution in [0.3, 0.4) is 0 Å². The minimum Gasteiger partial charge on any atom is -0.115 e. The minimum atomic E-state index is 0.781. The summed E-state index contributed by atoms with van der Waals surface area (Å²) in [4.78, 5) is 0. The highest BCUT2D eigenvalue weighted by molar-refractivity contribution is 5.73. The van der Waals surface area contributed by atoms with Gasteiger partial charge in [0.25, 0.3) is 0 Å². The van der Waals surface area contributed by atoms with Gasteiger partial charge in [0.1, 0.15) is 0 Å². The number of terminal acetylenes is 1. The van der Waals surface area contributed by atoms with Gasteiger partial charge in [0.15, 0.2) is 0 Å². The lowest BCUT2D eigenvalue weighted by atomic mass is 9.95. The molecule has 0 amide bonds. The van der Waals surface area contributed by atoms with Crippen molar-refractivity contribution in [1.29, 1.82) is 0 Å². The molecule has 0 fully saturated rings. The molecule has 0 N–H and O–H groups in total. The first-order valence-electron chi connectivity index (χ1n) is 5.88. The molecular formula is C16H18. The molecule has 1 unspecified atom stereocenters. The molecule has 1 aliphatic rings. The molecule has 0 spiro atoms. The fourth-order valence-electron chi connectivity index (χ4n) is 2.62. The minimum absolute atomic E-state index is 0.781. The van der Waals surface area contributed by atoms with Gasteiger partial charge in [-0.3, -0.25) is 0 Å². The Morgan fingerprint density at radius 2 is 2.00 bits per heavy atom. The standard InChI is InChI=1S/C16H18/c1-5-14-7-6-12(3)16(10-14)15-9-11(2)8-13(15)4/h1,6-7,10-11H,8-9H2,2-4H3. The summed E-state index contributed by atoms with van der Waals surface area (Å²) in [5.74, 6) is 3.50. The molecule has 16 heavy (non-hydrogen) atoms. The summed E-state index contributed by atoms with van der Waals surface area (Å²) in [7, 11) is 0. The van der Waals surface area contributed by atoms with Crippen molar-refractivity contribution in [2.45, 2.75) is 33.6 Å². The van der Waals surface area contributed by atoms with Gasteiger partial charge in [-0.15, -0.1) is 6.42 Å². The average Bonchev–Trinajstić information content (AvgIpc) is 2.58. The van der Waals surface area contributed by atoms with Gasteiger partial charge in [-0.2, -0.15) is 0 Å². The highest BCUT2D eigenvalue weighted by atomic mass is 14.2. The molecule has 0 heterocycles. The third-order valence-corrected chi connectivity index (χ3v) is 3.45. The second-order valence-electron chi connectivity index (χ2n) is 4.95. The number of hydrogen-bond donors (Lipinski definition) is 0. The van der Waals surface area contributed by atoms with Gasteiger partial charge < -0.3 is 0 Å². The van der Waals surface area contributed by atoms with Crippen LogP contribution in [0.25, 0.3) is 5.57 Å². The van der Waals surface area contributed by atoms with Crippen molar-refractivity contribution in [3.8, 4) is 12.3 Å². The van der Waals surface area contributed by atoms with E-state index in [0.29, 0.717) is 0 Å². The summed E-state index contributed by atoms with van der Waals surface area (Å²) >= 11 is 0. The molecular weight excluding hydrogens is 192 g/mol. The van der Waals surface area contributed by atoms with Gasteiger partial charge in [0, 0.05) is 5.56 Å². The molecule has 0 nitrogen and oxygen atoms in total. The van der Waals surface area contributed by atoms with E-state index < -0.39 is 0 Å². The van der Waals surface area contributed by atoms with Gasteiger partial charge >= 0.3 is 0 Å². The second kappa shape index (κ2) is 4.18. The molecule has 2 rings (SSSR count). The first kappa shape index (κ1) is 11.0. The predicted octanol–water partition coefficient (Wildman–Crippen LogP) is 4.18. The van der Waals surface area contributed by atoms with Gasteiger partial charge in [0.05, 0.1) is 0 Å². The Bertz CT molecular complexity index is 483. The van der Waals surface area contributed by atoms with E-state index in [1.54, 1.807) is 0 Å². The van der Waals surface area contributed by atoms with Crippen molar-refractivity contribution in [1.82, 2.24) is 0 Å². The van der Waals surface area contributed by atoms with Crippen LogP contribution in [0.5, 0.6) is 0 Å². The van der Waals surface area contributed by atoms with Gasteiger partial charge in [-0.1, -0.05) is 24.5 Å². The number of rotatable bonds is 1. The Labute approximate surface area is 98.4 Å². The van der Waals surface area contributed by atoms with Crippen LogP contribution < -0.4 is 0 Å². The van der Waals surface area contributed by atoms with Crippen LogP contribution in [0.2, 0.25) is 0 Å². The predicted molar refractivity (Wildman–Crippen MR) is 70.1 cm³/mol. The topological polar surface area (TPSA) is 0 Å². The van der Waals surface area contributed by atoms with Crippen molar-refractivity contribution >= 4 is 5.57 Å². The third-order valence-electron chi connectivity index (χ3n) is 3.45. The highest BCUT2D eigenvalue weighted by Crippen LogP contribution is 2.38. The van der Waals surface area contributed by atoms with Gasteiger partial charge in [-0.05, 0) is 61.4 Å². The molecule has 1 atom stereocenters. The summed E-state index contributed by atoms with van der Waals surface area (Å²) in [6, 6.07) is 6.31. The van der Waals surface area contributed by atoms with E-state index in [-0.39, 0.29) is 0 Å². The van der Waals surface area contributed by atoms with Crippen molar-refractivity contribution in [2.75, 3.05) is 0 Å². The van der Waals surface area contributed by atoms with E-state index in [1.165, 1.54) is 35.1 Å². The van der Waals surface area contributed by atoms with Crippen molar-refractivity contribution in [3.05, 3.63) is 40.5 Å². The van der Waals surface area contributed by atoms with Gasteiger partial charge in [0.2, 0.25) is 0 Å². The Balaban J connectivity index is 2.49. The van der Waals surface area contributed by atoms with Crippen LogP contribution in [0, 0.1) is 25.2 Å². The molecule has 0 aromatic heterocycles. The smallest absolute Gasteiger partial charge is 0.0248 e. The van der Waals surface area contributed by atoms with E-state index in [9.17, 15) is 0 Å². The quantitative estimate of drug-likeness (QED) is 0.610. The van der Waals surface area contributed by atoms with Crippen LogP contribution in [-0.4, -0.2) is 0 Å². The number of hydrogen-bond acceptors (Lipinski definition) is 0. The van der Waals surface area contributed by atoms with E-state index in [1.807, 2.05) is 6.07 Å². The highest BCUT2D eigenvalue weighted by Gasteiger charge is 2.20. The molecule has 0 saturated carbocycles. The first-order valence-corrected chi connectivity index (χ1v) is 5.88. The molecule has 0 saturated heterocycles. The maximum Gasteiger partial charge on any atom is 0.0248 e. The van der Waals surface area contributed by atoms with Crippen LogP contribution in [0.15, 0.2) is 23.8 Å². The summed E-state index contributed by atoms with van der Waals surface area (Å²) < 4.78 is 0. The largest absolute Gasteiger partial charge is 0.115 e. The molecule has 1 aromatic carbocycles. The van der Waals surface area contributed by atoms with Crippen LogP contribution in [-0.2, 0) is 0 Å². The monoisotopic (exact) mass is 210 g/mol. The van der Waals surface area contributed by atoms with Gasteiger partial charge in [-0.25, -0.2) is 0 Å². The third kappa shape index (κ3) is 1.91. The summed E-state index contributed by atoms with van der Waals surface area (Å²) in [5.41, 5.74) is 6.73. The maximum atomic E-state index is 5.46. The summed E-state index contributed by atoms with van der Waals surface area (Å²) in [6.45, 7) is 6.73.